The van der Waals surface area contributed by atoms with Crippen molar-refractivity contribution in [2.45, 2.75) is 30.1 Å². The van der Waals surface area contributed by atoms with Crippen LogP contribution in [0.4, 0.5) is 51.2 Å². The Balaban J connectivity index is 0.592. The second kappa shape index (κ2) is 30.8. The molecule has 5 aliphatic rings. The number of furan rings is 1. The van der Waals surface area contributed by atoms with E-state index < -0.39 is 10.8 Å². The van der Waals surface area contributed by atoms with E-state index in [2.05, 4.69) is 541 Å². The van der Waals surface area contributed by atoms with Crippen LogP contribution in [0.1, 0.15) is 69.5 Å². The zero-order chi connectivity index (χ0) is 94.1. The van der Waals surface area contributed by atoms with Crippen LogP contribution >= 0.6 is 0 Å². The number of nitrogens with zero attached hydrogens (tertiary/aromatic N) is 5. The largest absolute Gasteiger partial charge is 0.454 e. The average molecular weight is 1820 g/mol. The van der Waals surface area contributed by atoms with Gasteiger partial charge in [-0.3, -0.25) is 0 Å². The Labute approximate surface area is 828 Å². The maximum absolute atomic E-state index is 7.62. The molecule has 2 unspecified atom stereocenters. The lowest BCUT2D eigenvalue weighted by atomic mass is 9.70. The zero-order valence-corrected chi connectivity index (χ0v) is 78.6. The summed E-state index contributed by atoms with van der Waals surface area (Å²) in [5.41, 5.74) is 48.4. The first-order valence-electron chi connectivity index (χ1n) is 49.8. The molecule has 30 rings (SSSR count). The topological polar surface area (TPSA) is 32.7 Å². The van der Waals surface area contributed by atoms with Crippen LogP contribution in [-0.2, 0) is 16.2 Å². The first-order chi connectivity index (χ1) is 70.7. The SMILES string of the molecule is CC1(C)c2ccccc2-c2ccc(N(c3ccccc3)c3cccc(-c4ccc5c(c4)C4(c6ccccc6-5)c5ccccc5-c5c4ccc4c5c5ccc(-c6ccc(N(c7ccccc7)c7cc(-c8ccc9c(c8)C8(c%10ccccc%10-9)c9ccccc9-c9c8ccc8c9c9ccccc9n8-c8ccccc8)cc(N(c8ccccc8)c8ccccc8)c7)c7oc8ccccc8c67)cc5n4-c4ccccc4)c3)cc21. The van der Waals surface area contributed by atoms with Crippen molar-refractivity contribution in [1.29, 1.82) is 0 Å². The number of fused-ring (bicyclic) bond motifs is 34. The lowest BCUT2D eigenvalue weighted by Gasteiger charge is -2.31. The molecular formula is C137H89N5O. The highest BCUT2D eigenvalue weighted by molar-refractivity contribution is 6.23. The van der Waals surface area contributed by atoms with Gasteiger partial charge >= 0.3 is 0 Å². The van der Waals surface area contributed by atoms with Crippen LogP contribution in [0.2, 0.25) is 0 Å². The molecule has 2 spiro atoms. The molecule has 0 N–H and O–H groups in total. The minimum atomic E-state index is -0.675. The summed E-state index contributed by atoms with van der Waals surface area (Å²) in [5, 5.41) is 6.96. The molecule has 143 heavy (non-hydrogen) atoms. The molecule has 6 nitrogen and oxygen atoms in total. The van der Waals surface area contributed by atoms with Gasteiger partial charge in [-0.05, 0) is 308 Å². The van der Waals surface area contributed by atoms with Crippen molar-refractivity contribution in [3.8, 4) is 100 Å². The van der Waals surface area contributed by atoms with Crippen molar-refractivity contribution in [3.63, 3.8) is 0 Å². The van der Waals surface area contributed by atoms with E-state index in [-0.39, 0.29) is 5.41 Å². The molecule has 2 atom stereocenters. The lowest BCUT2D eigenvalue weighted by molar-refractivity contribution is 0.660. The summed E-state index contributed by atoms with van der Waals surface area (Å²) in [6.45, 7) is 4.74. The van der Waals surface area contributed by atoms with Gasteiger partial charge in [-0.15, -0.1) is 0 Å². The van der Waals surface area contributed by atoms with E-state index in [1.807, 2.05) is 0 Å². The van der Waals surface area contributed by atoms with E-state index in [9.17, 15) is 0 Å². The number of para-hydroxylation sites is 8. The van der Waals surface area contributed by atoms with Gasteiger partial charge in [0.1, 0.15) is 5.58 Å². The van der Waals surface area contributed by atoms with E-state index in [0.717, 1.165) is 129 Å². The van der Waals surface area contributed by atoms with Gasteiger partial charge in [-0.25, -0.2) is 0 Å². The van der Waals surface area contributed by atoms with Crippen molar-refractivity contribution in [2.75, 3.05) is 14.7 Å². The zero-order valence-electron chi connectivity index (χ0n) is 78.6. The van der Waals surface area contributed by atoms with Gasteiger partial charge in [0.2, 0.25) is 0 Å². The van der Waals surface area contributed by atoms with Crippen LogP contribution < -0.4 is 14.7 Å². The second-order valence-electron chi connectivity index (χ2n) is 39.5. The molecule has 0 amide bonds. The molecule has 0 bridgehead atoms. The first kappa shape index (κ1) is 80.7. The van der Waals surface area contributed by atoms with Crippen LogP contribution in [-0.4, -0.2) is 9.13 Å². The molecule has 3 heterocycles. The Bertz CT molecular complexity index is 9610. The minimum absolute atomic E-state index is 0.164. The summed E-state index contributed by atoms with van der Waals surface area (Å²) in [6.07, 6.45) is 0. The van der Waals surface area contributed by atoms with Crippen molar-refractivity contribution in [1.82, 2.24) is 9.13 Å². The number of anilines is 9. The predicted octanol–water partition coefficient (Wildman–Crippen LogP) is 36.2. The number of aromatic nitrogens is 2. The second-order valence-corrected chi connectivity index (χ2v) is 39.5. The molecule has 6 heteroatoms. The summed E-state index contributed by atoms with van der Waals surface area (Å²) in [7, 11) is 0. The Kier molecular flexibility index (Phi) is 17.4. The van der Waals surface area contributed by atoms with Gasteiger partial charge in [0.05, 0.1) is 38.6 Å². The maximum atomic E-state index is 7.62. The number of benzene rings is 22. The third-order valence-corrected chi connectivity index (χ3v) is 32.0. The molecule has 0 saturated carbocycles. The van der Waals surface area contributed by atoms with E-state index in [4.69, 9.17) is 4.42 Å². The van der Waals surface area contributed by atoms with E-state index in [1.54, 1.807) is 0 Å². The molecule has 3 aromatic heterocycles. The Hall–Kier alpha value is -18.4. The highest BCUT2D eigenvalue weighted by Crippen LogP contribution is 2.68. The fourth-order valence-electron chi connectivity index (χ4n) is 26.2. The molecule has 22 aromatic carbocycles. The summed E-state index contributed by atoms with van der Waals surface area (Å²) < 4.78 is 12.6. The van der Waals surface area contributed by atoms with E-state index in [1.165, 1.54) is 144 Å². The molecule has 0 fully saturated rings. The number of rotatable bonds is 14. The highest BCUT2D eigenvalue weighted by Gasteiger charge is 2.55. The van der Waals surface area contributed by atoms with Gasteiger partial charge in [0, 0.05) is 94.6 Å². The Morgan fingerprint density at radius 1 is 0.196 bits per heavy atom. The lowest BCUT2D eigenvalue weighted by Crippen LogP contribution is -2.25. The highest BCUT2D eigenvalue weighted by atomic mass is 16.3. The maximum Gasteiger partial charge on any atom is 0.160 e. The Morgan fingerprint density at radius 3 is 1.15 bits per heavy atom. The van der Waals surface area contributed by atoms with Crippen LogP contribution in [0, 0.1) is 0 Å². The molecule has 25 aromatic rings. The van der Waals surface area contributed by atoms with Gasteiger partial charge in [0.15, 0.2) is 5.58 Å². The summed E-state index contributed by atoms with van der Waals surface area (Å²) in [6, 6.07) is 189. The summed E-state index contributed by atoms with van der Waals surface area (Å²) in [5.74, 6) is 0. The van der Waals surface area contributed by atoms with Gasteiger partial charge in [-0.1, -0.05) is 354 Å². The molecule has 0 radical (unpaired) electrons. The third kappa shape index (κ3) is 11.5. The molecule has 0 saturated heterocycles. The molecule has 668 valence electrons. The number of hydrogen-bond donors (Lipinski definition) is 0. The fourth-order valence-corrected chi connectivity index (χ4v) is 26.2. The quantitative estimate of drug-likeness (QED) is 0.109. The van der Waals surface area contributed by atoms with Crippen LogP contribution in [0.25, 0.3) is 166 Å². The van der Waals surface area contributed by atoms with Crippen molar-refractivity contribution < 1.29 is 4.42 Å². The summed E-state index contributed by atoms with van der Waals surface area (Å²) >= 11 is 0. The van der Waals surface area contributed by atoms with Gasteiger partial charge < -0.3 is 28.3 Å². The minimum Gasteiger partial charge on any atom is -0.454 e. The van der Waals surface area contributed by atoms with Crippen molar-refractivity contribution >= 4 is 117 Å². The van der Waals surface area contributed by atoms with Crippen molar-refractivity contribution in [2.24, 2.45) is 0 Å². The molecular weight excluding hydrogens is 1730 g/mol. The van der Waals surface area contributed by atoms with Crippen LogP contribution in [0.15, 0.2) is 508 Å². The van der Waals surface area contributed by atoms with Crippen LogP contribution in [0.3, 0.4) is 0 Å². The van der Waals surface area contributed by atoms with Crippen molar-refractivity contribution in [3.05, 3.63) is 559 Å². The smallest absolute Gasteiger partial charge is 0.160 e. The van der Waals surface area contributed by atoms with Gasteiger partial charge in [-0.2, -0.15) is 0 Å². The van der Waals surface area contributed by atoms with Gasteiger partial charge in [0.25, 0.3) is 0 Å². The normalized spacial score (nSPS) is 14.9. The van der Waals surface area contributed by atoms with E-state index >= 15 is 0 Å². The average Bonchev–Trinajstić information content (AvgIpc) is 1.50. The standard InChI is InChI=1S/C137H89N5O/c1-135(2)113-57-28-21-50-102(113)105-71-67-98(85-120(105)135)139(93-41-13-5-14-42-93)97-49-35-36-86(78-97)87-64-68-106-103-51-22-29-58-114(103)136(121(106)81-87)117-61-32-25-54-109(117)131-119(136)74-77-125-133(131)111-70-66-89(83-127(111)142(125)96-47-19-8-20-48-96)101-72-75-126(134-129(101)112-56-27-34-63-128(112)143-134)140(94-43-15-6-16-44-94)100-80-90(79-99(84-100)138(91-37-9-3-10-38-91)92-39-11-4-12-40-92)88-65-69-107-104-52-23-30-59-115(104)137(122(107)82-88)116-60-31-24-53-108(116)130-118(137)73-76-124-132(130)110-55-26-33-62-123(110)141(124)95-45-17-7-18-46-95/h3-85H,1-2H3. The Morgan fingerprint density at radius 2 is 0.580 bits per heavy atom. The predicted molar refractivity (Wildman–Crippen MR) is 593 cm³/mol. The first-order valence-corrected chi connectivity index (χ1v) is 49.8. The molecule has 5 aliphatic carbocycles. The van der Waals surface area contributed by atoms with Crippen LogP contribution in [0.5, 0.6) is 0 Å². The molecule has 0 aliphatic heterocycles. The fraction of sp³-hybridized carbons (Fsp3) is 0.0365. The summed E-state index contributed by atoms with van der Waals surface area (Å²) in [4.78, 5) is 7.29. The number of hydrogen-bond acceptors (Lipinski definition) is 4. The third-order valence-electron chi connectivity index (χ3n) is 32.0. The van der Waals surface area contributed by atoms with E-state index in [0.29, 0.717) is 0 Å². The monoisotopic (exact) mass is 1820 g/mol.